The second-order valence-corrected chi connectivity index (χ2v) is 6.22. The Balaban J connectivity index is 1.62. The van der Waals surface area contributed by atoms with Gasteiger partial charge in [0.2, 0.25) is 5.89 Å². The molecular formula is C18H25N3O3. The third-order valence-corrected chi connectivity index (χ3v) is 4.35. The highest BCUT2D eigenvalue weighted by molar-refractivity contribution is 5.17. The molecule has 1 saturated heterocycles. The van der Waals surface area contributed by atoms with Crippen molar-refractivity contribution in [2.75, 3.05) is 19.8 Å². The van der Waals surface area contributed by atoms with Crippen LogP contribution in [0.3, 0.4) is 0 Å². The maximum absolute atomic E-state index is 10.5. The number of aromatic nitrogens is 2. The van der Waals surface area contributed by atoms with Crippen molar-refractivity contribution < 1.29 is 14.4 Å². The van der Waals surface area contributed by atoms with Gasteiger partial charge in [-0.25, -0.2) is 0 Å². The SMILES string of the molecule is CCCc1nc(CN2CCOCC2CC(O)c2ccccc2)no1. The Bertz CT molecular complexity index is 617. The van der Waals surface area contributed by atoms with Gasteiger partial charge in [0.05, 0.1) is 25.9 Å². The van der Waals surface area contributed by atoms with Crippen LogP contribution in [0.1, 0.15) is 43.1 Å². The predicted octanol–water partition coefficient (Wildman–Crippen LogP) is 2.35. The maximum Gasteiger partial charge on any atom is 0.226 e. The zero-order valence-corrected chi connectivity index (χ0v) is 14.1. The van der Waals surface area contributed by atoms with Crippen LogP contribution in [0.4, 0.5) is 0 Å². The molecule has 2 aromatic rings. The van der Waals surface area contributed by atoms with Crippen LogP contribution >= 0.6 is 0 Å². The van der Waals surface area contributed by atoms with Crippen LogP contribution in [0.5, 0.6) is 0 Å². The molecule has 0 spiro atoms. The summed E-state index contributed by atoms with van der Waals surface area (Å²) in [6, 6.07) is 9.90. The van der Waals surface area contributed by atoms with Crippen LogP contribution in [-0.4, -0.2) is 45.9 Å². The van der Waals surface area contributed by atoms with Crippen molar-refractivity contribution in [1.82, 2.24) is 15.0 Å². The topological polar surface area (TPSA) is 71.6 Å². The third-order valence-electron chi connectivity index (χ3n) is 4.35. The van der Waals surface area contributed by atoms with Gasteiger partial charge in [0.1, 0.15) is 0 Å². The van der Waals surface area contributed by atoms with Crippen LogP contribution < -0.4 is 0 Å². The van der Waals surface area contributed by atoms with Crippen LogP contribution in [0.15, 0.2) is 34.9 Å². The molecule has 0 aliphatic carbocycles. The molecule has 0 saturated carbocycles. The number of hydrogen-bond donors (Lipinski definition) is 1. The molecule has 2 unspecified atom stereocenters. The van der Waals surface area contributed by atoms with Crippen molar-refractivity contribution in [2.45, 2.75) is 44.9 Å². The summed E-state index contributed by atoms with van der Waals surface area (Å²) in [4.78, 5) is 6.72. The average molecular weight is 331 g/mol. The molecule has 1 aliphatic heterocycles. The molecule has 3 rings (SSSR count). The first kappa shape index (κ1) is 17.1. The zero-order chi connectivity index (χ0) is 16.8. The number of hydrogen-bond acceptors (Lipinski definition) is 6. The smallest absolute Gasteiger partial charge is 0.226 e. The molecule has 6 heteroatoms. The molecular weight excluding hydrogens is 306 g/mol. The second kappa shape index (κ2) is 8.37. The van der Waals surface area contributed by atoms with Gasteiger partial charge in [-0.1, -0.05) is 42.4 Å². The molecule has 1 fully saturated rings. The number of aliphatic hydroxyl groups excluding tert-OH is 1. The summed E-state index contributed by atoms with van der Waals surface area (Å²) in [7, 11) is 0. The standard InChI is InChI=1S/C18H25N3O3/c1-2-6-18-19-17(20-24-18)12-21-9-10-23-13-15(21)11-16(22)14-7-4-3-5-8-14/h3-5,7-8,15-16,22H,2,6,9-13H2,1H3. The Hall–Kier alpha value is -1.76. The minimum atomic E-state index is -0.499. The number of rotatable bonds is 7. The summed E-state index contributed by atoms with van der Waals surface area (Å²) in [5.74, 6) is 1.40. The Labute approximate surface area is 142 Å². The van der Waals surface area contributed by atoms with E-state index in [1.54, 1.807) is 0 Å². The van der Waals surface area contributed by atoms with E-state index >= 15 is 0 Å². The van der Waals surface area contributed by atoms with Crippen molar-refractivity contribution in [1.29, 1.82) is 0 Å². The summed E-state index contributed by atoms with van der Waals surface area (Å²) in [6.07, 6.45) is 1.93. The van der Waals surface area contributed by atoms with Gasteiger partial charge in [-0.05, 0) is 18.4 Å². The lowest BCUT2D eigenvalue weighted by Crippen LogP contribution is -2.45. The van der Waals surface area contributed by atoms with Crippen LogP contribution in [-0.2, 0) is 17.7 Å². The number of nitrogens with zero attached hydrogens (tertiary/aromatic N) is 3. The highest BCUT2D eigenvalue weighted by Crippen LogP contribution is 2.23. The quantitative estimate of drug-likeness (QED) is 0.840. The highest BCUT2D eigenvalue weighted by Gasteiger charge is 2.27. The first-order valence-corrected chi connectivity index (χ1v) is 8.62. The molecule has 2 atom stereocenters. The van der Waals surface area contributed by atoms with Gasteiger partial charge >= 0.3 is 0 Å². The van der Waals surface area contributed by atoms with Crippen LogP contribution in [0.2, 0.25) is 0 Å². The van der Waals surface area contributed by atoms with Crippen LogP contribution in [0, 0.1) is 0 Å². The van der Waals surface area contributed by atoms with Gasteiger partial charge in [-0.2, -0.15) is 4.98 Å². The summed E-state index contributed by atoms with van der Waals surface area (Å²) >= 11 is 0. The summed E-state index contributed by atoms with van der Waals surface area (Å²) in [5.41, 5.74) is 0.938. The number of aliphatic hydroxyl groups is 1. The fourth-order valence-corrected chi connectivity index (χ4v) is 3.03. The van der Waals surface area contributed by atoms with Crippen molar-refractivity contribution >= 4 is 0 Å². The number of ether oxygens (including phenoxy) is 1. The lowest BCUT2D eigenvalue weighted by molar-refractivity contribution is -0.0312. The Kier molecular flexibility index (Phi) is 5.96. The van der Waals surface area contributed by atoms with Crippen molar-refractivity contribution in [3.8, 4) is 0 Å². The van der Waals surface area contributed by atoms with E-state index in [4.69, 9.17) is 9.26 Å². The molecule has 0 amide bonds. The second-order valence-electron chi connectivity index (χ2n) is 6.22. The summed E-state index contributed by atoms with van der Waals surface area (Å²) in [5, 5.41) is 14.6. The first-order chi connectivity index (χ1) is 11.8. The maximum atomic E-state index is 10.5. The van der Waals surface area contributed by atoms with E-state index in [9.17, 15) is 5.11 Å². The lowest BCUT2D eigenvalue weighted by atomic mass is 10.0. The largest absolute Gasteiger partial charge is 0.388 e. The molecule has 130 valence electrons. The monoisotopic (exact) mass is 331 g/mol. The lowest BCUT2D eigenvalue weighted by Gasteiger charge is -2.35. The molecule has 1 aromatic heterocycles. The predicted molar refractivity (Wildman–Crippen MR) is 89.3 cm³/mol. The van der Waals surface area contributed by atoms with Gasteiger partial charge in [0.25, 0.3) is 0 Å². The number of aryl methyl sites for hydroxylation is 1. The van der Waals surface area contributed by atoms with E-state index in [2.05, 4.69) is 22.0 Å². The van der Waals surface area contributed by atoms with E-state index in [1.807, 2.05) is 30.3 Å². The van der Waals surface area contributed by atoms with E-state index in [0.717, 1.165) is 24.9 Å². The van der Waals surface area contributed by atoms with Gasteiger partial charge < -0.3 is 14.4 Å². The molecule has 6 nitrogen and oxygen atoms in total. The van der Waals surface area contributed by atoms with E-state index < -0.39 is 6.10 Å². The van der Waals surface area contributed by atoms with Gasteiger partial charge in [0, 0.05) is 19.0 Å². The molecule has 0 radical (unpaired) electrons. The number of morpholine rings is 1. The molecule has 24 heavy (non-hydrogen) atoms. The summed E-state index contributed by atoms with van der Waals surface area (Å²) in [6.45, 7) is 4.83. The highest BCUT2D eigenvalue weighted by atomic mass is 16.5. The average Bonchev–Trinajstić information content (AvgIpc) is 3.05. The van der Waals surface area contributed by atoms with Crippen LogP contribution in [0.25, 0.3) is 0 Å². The van der Waals surface area contributed by atoms with E-state index in [1.165, 1.54) is 0 Å². The molecule has 2 heterocycles. The van der Waals surface area contributed by atoms with Gasteiger partial charge in [-0.3, -0.25) is 4.90 Å². The van der Waals surface area contributed by atoms with E-state index in [0.29, 0.717) is 37.9 Å². The Morgan fingerprint density at radius 2 is 2.17 bits per heavy atom. The first-order valence-electron chi connectivity index (χ1n) is 8.62. The fraction of sp³-hybridized carbons (Fsp3) is 0.556. The Morgan fingerprint density at radius 1 is 1.33 bits per heavy atom. The normalized spacial score (nSPS) is 20.2. The molecule has 0 bridgehead atoms. The van der Waals surface area contributed by atoms with E-state index in [-0.39, 0.29) is 6.04 Å². The molecule has 1 aliphatic rings. The fourth-order valence-electron chi connectivity index (χ4n) is 3.03. The molecule has 1 aromatic carbocycles. The van der Waals surface area contributed by atoms with Gasteiger partial charge in [0.15, 0.2) is 5.82 Å². The van der Waals surface area contributed by atoms with Crippen molar-refractivity contribution in [3.05, 3.63) is 47.6 Å². The van der Waals surface area contributed by atoms with Crippen molar-refractivity contribution in [2.24, 2.45) is 0 Å². The number of benzene rings is 1. The molecule has 1 N–H and O–H groups in total. The van der Waals surface area contributed by atoms with Crippen molar-refractivity contribution in [3.63, 3.8) is 0 Å². The van der Waals surface area contributed by atoms with Gasteiger partial charge in [-0.15, -0.1) is 0 Å². The minimum Gasteiger partial charge on any atom is -0.388 e. The third kappa shape index (κ3) is 4.41. The zero-order valence-electron chi connectivity index (χ0n) is 14.1. The summed E-state index contributed by atoms with van der Waals surface area (Å²) < 4.78 is 10.9. The Morgan fingerprint density at radius 3 is 2.96 bits per heavy atom. The minimum absolute atomic E-state index is 0.141.